The lowest BCUT2D eigenvalue weighted by molar-refractivity contribution is 0.414. The number of nitrogens with one attached hydrogen (secondary N) is 1. The summed E-state index contributed by atoms with van der Waals surface area (Å²) in [6.07, 6.45) is 5.83. The topological polar surface area (TPSA) is 42.8 Å². The molecule has 0 spiro atoms. The van der Waals surface area contributed by atoms with E-state index in [1.165, 1.54) is 16.5 Å². The van der Waals surface area contributed by atoms with Crippen LogP contribution in [-0.2, 0) is 6.54 Å². The Balaban J connectivity index is 1.73. The number of hydrogen-bond acceptors (Lipinski definition) is 2. The smallest absolute Gasteiger partial charge is 0.119 e. The molecule has 4 heteroatoms. The van der Waals surface area contributed by atoms with Gasteiger partial charge in [-0.25, -0.2) is 4.98 Å². The molecular formula is C19H17N3O. The van der Waals surface area contributed by atoms with Crippen molar-refractivity contribution in [2.75, 3.05) is 7.11 Å². The Labute approximate surface area is 134 Å². The van der Waals surface area contributed by atoms with E-state index in [-0.39, 0.29) is 0 Å². The zero-order chi connectivity index (χ0) is 15.6. The molecule has 0 fully saturated rings. The van der Waals surface area contributed by atoms with Crippen LogP contribution in [0.3, 0.4) is 0 Å². The van der Waals surface area contributed by atoms with Gasteiger partial charge in [-0.3, -0.25) is 0 Å². The maximum absolute atomic E-state index is 5.30. The van der Waals surface area contributed by atoms with Crippen LogP contribution in [0.5, 0.6) is 5.75 Å². The molecule has 4 nitrogen and oxygen atoms in total. The number of aromatic amines is 1. The minimum absolute atomic E-state index is 0.756. The molecule has 2 aromatic heterocycles. The molecule has 0 saturated carbocycles. The second-order valence-electron chi connectivity index (χ2n) is 5.51. The lowest BCUT2D eigenvalue weighted by atomic mass is 10.1. The van der Waals surface area contributed by atoms with Crippen LogP contribution in [0.15, 0.2) is 67.3 Å². The van der Waals surface area contributed by atoms with Gasteiger partial charge in [0.05, 0.1) is 25.3 Å². The highest BCUT2D eigenvalue weighted by atomic mass is 16.5. The maximum atomic E-state index is 5.30. The first-order valence-corrected chi connectivity index (χ1v) is 7.55. The molecule has 23 heavy (non-hydrogen) atoms. The fourth-order valence-corrected chi connectivity index (χ4v) is 2.92. The van der Waals surface area contributed by atoms with Crippen molar-refractivity contribution >= 4 is 10.9 Å². The van der Waals surface area contributed by atoms with Crippen LogP contribution >= 0.6 is 0 Å². The molecule has 0 amide bonds. The number of para-hydroxylation sites is 1. The predicted molar refractivity (Wildman–Crippen MR) is 91.6 cm³/mol. The van der Waals surface area contributed by atoms with Crippen molar-refractivity contribution in [3.8, 4) is 17.0 Å². The van der Waals surface area contributed by atoms with Gasteiger partial charge in [0.25, 0.3) is 0 Å². The first kappa shape index (κ1) is 13.6. The van der Waals surface area contributed by atoms with Gasteiger partial charge in [-0.1, -0.05) is 30.3 Å². The summed E-state index contributed by atoms with van der Waals surface area (Å²) in [5.74, 6) is 0.872. The average molecular weight is 303 g/mol. The Morgan fingerprint density at radius 3 is 2.96 bits per heavy atom. The Kier molecular flexibility index (Phi) is 3.35. The highest BCUT2D eigenvalue weighted by molar-refractivity contribution is 5.94. The fourth-order valence-electron chi connectivity index (χ4n) is 2.92. The number of rotatable bonds is 4. The number of aromatic nitrogens is 3. The number of imidazole rings is 1. The lowest BCUT2D eigenvalue weighted by Gasteiger charge is -2.09. The number of benzene rings is 2. The molecule has 0 aliphatic rings. The van der Waals surface area contributed by atoms with Crippen LogP contribution in [0.4, 0.5) is 0 Å². The molecule has 0 aliphatic carbocycles. The summed E-state index contributed by atoms with van der Waals surface area (Å²) in [6, 6.07) is 16.4. The van der Waals surface area contributed by atoms with Gasteiger partial charge in [0.2, 0.25) is 0 Å². The SMILES string of the molecule is COc1cccc(Cn2cncc2-c2c[nH]c3ccccc23)c1. The number of H-pyrrole nitrogens is 1. The van der Waals surface area contributed by atoms with Crippen molar-refractivity contribution in [1.29, 1.82) is 0 Å². The van der Waals surface area contributed by atoms with E-state index in [0.717, 1.165) is 23.5 Å². The van der Waals surface area contributed by atoms with Crippen molar-refractivity contribution in [1.82, 2.24) is 14.5 Å². The van der Waals surface area contributed by atoms with Gasteiger partial charge in [-0.05, 0) is 23.8 Å². The van der Waals surface area contributed by atoms with Gasteiger partial charge in [-0.2, -0.15) is 0 Å². The third-order valence-electron chi connectivity index (χ3n) is 4.06. The molecule has 0 radical (unpaired) electrons. The van der Waals surface area contributed by atoms with Crippen molar-refractivity contribution in [2.45, 2.75) is 6.54 Å². The number of fused-ring (bicyclic) bond motifs is 1. The molecule has 4 aromatic rings. The molecule has 0 saturated heterocycles. The largest absolute Gasteiger partial charge is 0.497 e. The van der Waals surface area contributed by atoms with Crippen LogP contribution in [0, 0.1) is 0 Å². The molecule has 2 aromatic carbocycles. The first-order valence-electron chi connectivity index (χ1n) is 7.55. The van der Waals surface area contributed by atoms with E-state index in [9.17, 15) is 0 Å². The molecular weight excluding hydrogens is 286 g/mol. The predicted octanol–water partition coefficient (Wildman–Crippen LogP) is 4.09. The summed E-state index contributed by atoms with van der Waals surface area (Å²) in [5.41, 5.74) is 4.59. The van der Waals surface area contributed by atoms with Gasteiger partial charge in [-0.15, -0.1) is 0 Å². The van der Waals surface area contributed by atoms with Gasteiger partial charge in [0, 0.05) is 29.2 Å². The van der Waals surface area contributed by atoms with Crippen LogP contribution in [0.2, 0.25) is 0 Å². The summed E-state index contributed by atoms with van der Waals surface area (Å²) >= 11 is 0. The minimum Gasteiger partial charge on any atom is -0.497 e. The molecule has 0 atom stereocenters. The summed E-state index contributed by atoms with van der Waals surface area (Å²) in [7, 11) is 1.69. The van der Waals surface area contributed by atoms with Crippen LogP contribution in [0.25, 0.3) is 22.2 Å². The van der Waals surface area contributed by atoms with E-state index in [1.807, 2.05) is 36.9 Å². The van der Waals surface area contributed by atoms with E-state index in [1.54, 1.807) is 7.11 Å². The standard InChI is InChI=1S/C19H17N3O/c1-23-15-6-4-5-14(9-15)12-22-13-20-11-19(22)17-10-21-18-8-3-2-7-16(17)18/h2-11,13,21H,12H2,1H3. The van der Waals surface area contributed by atoms with Gasteiger partial charge >= 0.3 is 0 Å². The van der Waals surface area contributed by atoms with E-state index in [4.69, 9.17) is 4.74 Å². The third kappa shape index (κ3) is 2.48. The van der Waals surface area contributed by atoms with Gasteiger partial charge < -0.3 is 14.3 Å². The molecule has 4 rings (SSSR count). The Morgan fingerprint density at radius 2 is 2.04 bits per heavy atom. The van der Waals surface area contributed by atoms with Crippen molar-refractivity contribution in [3.05, 3.63) is 72.8 Å². The zero-order valence-electron chi connectivity index (χ0n) is 12.9. The second kappa shape index (κ2) is 5.65. The van der Waals surface area contributed by atoms with E-state index in [2.05, 4.69) is 44.9 Å². The zero-order valence-corrected chi connectivity index (χ0v) is 12.9. The van der Waals surface area contributed by atoms with Gasteiger partial charge in [0.15, 0.2) is 0 Å². The quantitative estimate of drug-likeness (QED) is 0.617. The maximum Gasteiger partial charge on any atom is 0.119 e. The van der Waals surface area contributed by atoms with Crippen molar-refractivity contribution in [2.24, 2.45) is 0 Å². The molecule has 114 valence electrons. The fraction of sp³-hybridized carbons (Fsp3) is 0.105. The van der Waals surface area contributed by atoms with Crippen molar-refractivity contribution in [3.63, 3.8) is 0 Å². The second-order valence-corrected chi connectivity index (χ2v) is 5.51. The number of methoxy groups -OCH3 is 1. The summed E-state index contributed by atoms with van der Waals surface area (Å²) in [6.45, 7) is 0.756. The number of nitrogens with zero attached hydrogens (tertiary/aromatic N) is 2. The Morgan fingerprint density at radius 1 is 1.13 bits per heavy atom. The highest BCUT2D eigenvalue weighted by Gasteiger charge is 2.11. The summed E-state index contributed by atoms with van der Waals surface area (Å²) < 4.78 is 7.46. The molecule has 0 aliphatic heterocycles. The van der Waals surface area contributed by atoms with E-state index >= 15 is 0 Å². The van der Waals surface area contributed by atoms with E-state index < -0.39 is 0 Å². The van der Waals surface area contributed by atoms with Gasteiger partial charge in [0.1, 0.15) is 5.75 Å². The monoisotopic (exact) mass is 303 g/mol. The molecule has 2 heterocycles. The van der Waals surface area contributed by atoms with Crippen LogP contribution in [-0.4, -0.2) is 21.6 Å². The number of ether oxygens (including phenoxy) is 1. The summed E-state index contributed by atoms with van der Waals surface area (Å²) in [5, 5.41) is 1.21. The Bertz CT molecular complexity index is 952. The highest BCUT2D eigenvalue weighted by Crippen LogP contribution is 2.28. The molecule has 0 unspecified atom stereocenters. The van der Waals surface area contributed by atoms with E-state index in [0.29, 0.717) is 0 Å². The minimum atomic E-state index is 0.756. The molecule has 0 bridgehead atoms. The van der Waals surface area contributed by atoms with Crippen LogP contribution < -0.4 is 4.74 Å². The summed E-state index contributed by atoms with van der Waals surface area (Å²) in [4.78, 5) is 7.67. The third-order valence-corrected chi connectivity index (χ3v) is 4.06. The normalized spacial score (nSPS) is 11.0. The Hall–Kier alpha value is -3.01. The lowest BCUT2D eigenvalue weighted by Crippen LogP contribution is -2.00. The molecule has 1 N–H and O–H groups in total. The first-order chi connectivity index (χ1) is 11.3. The van der Waals surface area contributed by atoms with Crippen LogP contribution in [0.1, 0.15) is 5.56 Å². The number of hydrogen-bond donors (Lipinski definition) is 1. The van der Waals surface area contributed by atoms with Crippen molar-refractivity contribution < 1.29 is 4.74 Å². The average Bonchev–Trinajstić information content (AvgIpc) is 3.21.